The van der Waals surface area contributed by atoms with Crippen LogP contribution in [0.15, 0.2) is 21.5 Å². The minimum atomic E-state index is -3.58. The molecule has 1 aromatic carbocycles. The van der Waals surface area contributed by atoms with Gasteiger partial charge in [0.05, 0.1) is 9.37 Å². The third-order valence-electron chi connectivity index (χ3n) is 2.76. The first-order valence-electron chi connectivity index (χ1n) is 6.09. The molecule has 0 aromatic heterocycles. The Morgan fingerprint density at radius 1 is 1.37 bits per heavy atom. The summed E-state index contributed by atoms with van der Waals surface area (Å²) in [6, 6.07) is 2.94. The van der Waals surface area contributed by atoms with Gasteiger partial charge < -0.3 is 5.73 Å². The number of benzene rings is 1. The second-order valence-corrected chi connectivity index (χ2v) is 7.29. The standard InChI is InChI=1S/C12H18BrClN2O2S/c1-3-5-6-16(4-2)19(17,18)11-8-9(14)7-10(15)12(11)13/h7-8H,3-6,15H2,1-2H3. The number of halogens is 2. The summed E-state index contributed by atoms with van der Waals surface area (Å²) in [6.45, 7) is 4.75. The predicted molar refractivity (Wildman–Crippen MR) is 82.9 cm³/mol. The largest absolute Gasteiger partial charge is 0.398 e. The van der Waals surface area contributed by atoms with Crippen LogP contribution < -0.4 is 5.73 Å². The highest BCUT2D eigenvalue weighted by atomic mass is 79.9. The first-order valence-corrected chi connectivity index (χ1v) is 8.70. The monoisotopic (exact) mass is 368 g/mol. The minimum absolute atomic E-state index is 0.121. The molecule has 0 heterocycles. The summed E-state index contributed by atoms with van der Waals surface area (Å²) in [5.41, 5.74) is 6.06. The summed E-state index contributed by atoms with van der Waals surface area (Å²) in [5, 5.41) is 0.311. The Morgan fingerprint density at radius 2 is 2.00 bits per heavy atom. The van der Waals surface area contributed by atoms with Gasteiger partial charge in [0.1, 0.15) is 0 Å². The molecule has 0 bridgehead atoms. The highest BCUT2D eigenvalue weighted by Crippen LogP contribution is 2.33. The molecule has 0 radical (unpaired) electrons. The normalized spacial score (nSPS) is 12.1. The van der Waals surface area contributed by atoms with Gasteiger partial charge in [-0.25, -0.2) is 8.42 Å². The van der Waals surface area contributed by atoms with Gasteiger partial charge in [-0.2, -0.15) is 4.31 Å². The first-order chi connectivity index (χ1) is 8.84. The topological polar surface area (TPSA) is 63.4 Å². The van der Waals surface area contributed by atoms with E-state index in [-0.39, 0.29) is 4.90 Å². The zero-order chi connectivity index (χ0) is 14.6. The highest BCUT2D eigenvalue weighted by Gasteiger charge is 2.26. The lowest BCUT2D eigenvalue weighted by Gasteiger charge is -2.21. The number of unbranched alkanes of at least 4 members (excludes halogenated alkanes) is 1. The Bertz CT molecular complexity index is 549. The summed E-state index contributed by atoms with van der Waals surface area (Å²) in [4.78, 5) is 0.121. The van der Waals surface area contributed by atoms with E-state index in [1.165, 1.54) is 16.4 Å². The van der Waals surface area contributed by atoms with Crippen molar-refractivity contribution in [3.05, 3.63) is 21.6 Å². The molecular weight excluding hydrogens is 352 g/mol. The van der Waals surface area contributed by atoms with Crippen LogP contribution in [-0.4, -0.2) is 25.8 Å². The van der Waals surface area contributed by atoms with E-state index in [1.807, 2.05) is 13.8 Å². The lowest BCUT2D eigenvalue weighted by atomic mass is 10.3. The van der Waals surface area contributed by atoms with Gasteiger partial charge in [0, 0.05) is 23.8 Å². The molecule has 0 aliphatic rings. The van der Waals surface area contributed by atoms with E-state index < -0.39 is 10.0 Å². The van der Waals surface area contributed by atoms with Crippen molar-refractivity contribution < 1.29 is 8.42 Å². The van der Waals surface area contributed by atoms with E-state index in [1.54, 1.807) is 0 Å². The fourth-order valence-electron chi connectivity index (χ4n) is 1.69. The van der Waals surface area contributed by atoms with Crippen LogP contribution in [0.3, 0.4) is 0 Å². The molecule has 108 valence electrons. The van der Waals surface area contributed by atoms with Crippen LogP contribution in [-0.2, 0) is 10.0 Å². The van der Waals surface area contributed by atoms with Gasteiger partial charge in [0.15, 0.2) is 0 Å². The maximum Gasteiger partial charge on any atom is 0.244 e. The van der Waals surface area contributed by atoms with Crippen molar-refractivity contribution in [3.63, 3.8) is 0 Å². The minimum Gasteiger partial charge on any atom is -0.398 e. The molecule has 0 spiro atoms. The van der Waals surface area contributed by atoms with Crippen LogP contribution in [0.1, 0.15) is 26.7 Å². The maximum absolute atomic E-state index is 12.6. The van der Waals surface area contributed by atoms with Crippen molar-refractivity contribution in [1.82, 2.24) is 4.31 Å². The van der Waals surface area contributed by atoms with Crippen molar-refractivity contribution in [2.45, 2.75) is 31.6 Å². The molecule has 0 saturated carbocycles. The van der Waals surface area contributed by atoms with Crippen LogP contribution >= 0.6 is 27.5 Å². The molecule has 1 aromatic rings. The van der Waals surface area contributed by atoms with E-state index in [0.29, 0.717) is 28.3 Å². The molecule has 0 amide bonds. The van der Waals surface area contributed by atoms with E-state index in [9.17, 15) is 8.42 Å². The molecule has 2 N–H and O–H groups in total. The third kappa shape index (κ3) is 3.84. The SMILES string of the molecule is CCCCN(CC)S(=O)(=O)c1cc(Cl)cc(N)c1Br. The number of sulfonamides is 1. The fraction of sp³-hybridized carbons (Fsp3) is 0.500. The number of anilines is 1. The fourth-order valence-corrected chi connectivity index (χ4v) is 4.44. The van der Waals surface area contributed by atoms with E-state index in [0.717, 1.165) is 12.8 Å². The highest BCUT2D eigenvalue weighted by molar-refractivity contribution is 9.10. The van der Waals surface area contributed by atoms with Gasteiger partial charge >= 0.3 is 0 Å². The number of nitrogens with two attached hydrogens (primary N) is 1. The van der Waals surface area contributed by atoms with Crippen LogP contribution in [0.4, 0.5) is 5.69 Å². The number of hydrogen-bond donors (Lipinski definition) is 1. The Kier molecular flexibility index (Phi) is 6.11. The van der Waals surface area contributed by atoms with E-state index in [2.05, 4.69) is 15.9 Å². The van der Waals surface area contributed by atoms with Crippen molar-refractivity contribution in [3.8, 4) is 0 Å². The van der Waals surface area contributed by atoms with Crippen LogP contribution in [0.2, 0.25) is 5.02 Å². The van der Waals surface area contributed by atoms with Crippen molar-refractivity contribution >= 4 is 43.2 Å². The van der Waals surface area contributed by atoms with E-state index in [4.69, 9.17) is 17.3 Å². The molecule has 0 fully saturated rings. The summed E-state index contributed by atoms with van der Waals surface area (Å²) >= 11 is 9.12. The smallest absolute Gasteiger partial charge is 0.244 e. The molecule has 0 unspecified atom stereocenters. The Balaban J connectivity index is 3.25. The Morgan fingerprint density at radius 3 is 2.53 bits per heavy atom. The van der Waals surface area contributed by atoms with Gasteiger partial charge in [-0.3, -0.25) is 0 Å². The van der Waals surface area contributed by atoms with Crippen molar-refractivity contribution in [2.75, 3.05) is 18.8 Å². The van der Waals surface area contributed by atoms with Crippen LogP contribution in [0, 0.1) is 0 Å². The van der Waals surface area contributed by atoms with Gasteiger partial charge in [-0.05, 0) is 34.5 Å². The van der Waals surface area contributed by atoms with Crippen molar-refractivity contribution in [2.24, 2.45) is 0 Å². The zero-order valence-corrected chi connectivity index (χ0v) is 14.1. The third-order valence-corrected chi connectivity index (χ3v) is 6.13. The predicted octanol–water partition coefficient (Wildman–Crippen LogP) is 3.50. The van der Waals surface area contributed by atoms with Gasteiger partial charge in [0.2, 0.25) is 10.0 Å². The quantitative estimate of drug-likeness (QED) is 0.781. The zero-order valence-electron chi connectivity index (χ0n) is 11.0. The van der Waals surface area contributed by atoms with Crippen LogP contribution in [0.25, 0.3) is 0 Å². The number of nitrogen functional groups attached to an aromatic ring is 1. The molecule has 0 aliphatic carbocycles. The van der Waals surface area contributed by atoms with Crippen LogP contribution in [0.5, 0.6) is 0 Å². The molecule has 7 heteroatoms. The second-order valence-electron chi connectivity index (χ2n) is 4.16. The maximum atomic E-state index is 12.6. The molecule has 0 atom stereocenters. The molecule has 0 aliphatic heterocycles. The van der Waals surface area contributed by atoms with Crippen molar-refractivity contribution in [1.29, 1.82) is 0 Å². The molecule has 19 heavy (non-hydrogen) atoms. The lowest BCUT2D eigenvalue weighted by Crippen LogP contribution is -2.32. The Labute approximate surface area is 128 Å². The Hall–Kier alpha value is -0.300. The molecule has 4 nitrogen and oxygen atoms in total. The average Bonchev–Trinajstić information content (AvgIpc) is 2.34. The summed E-state index contributed by atoms with van der Waals surface area (Å²) in [7, 11) is -3.58. The summed E-state index contributed by atoms with van der Waals surface area (Å²) in [5.74, 6) is 0. The van der Waals surface area contributed by atoms with E-state index >= 15 is 0 Å². The molecule has 1 rings (SSSR count). The lowest BCUT2D eigenvalue weighted by molar-refractivity contribution is 0.418. The number of nitrogens with zero attached hydrogens (tertiary/aromatic N) is 1. The molecule has 0 saturated heterocycles. The van der Waals surface area contributed by atoms with Gasteiger partial charge in [-0.1, -0.05) is 31.9 Å². The second kappa shape index (κ2) is 6.92. The summed E-state index contributed by atoms with van der Waals surface area (Å²) < 4.78 is 27.0. The van der Waals surface area contributed by atoms with Gasteiger partial charge in [-0.15, -0.1) is 0 Å². The number of hydrogen-bond acceptors (Lipinski definition) is 3. The average molecular weight is 370 g/mol. The van der Waals surface area contributed by atoms with Gasteiger partial charge in [0.25, 0.3) is 0 Å². The first kappa shape index (κ1) is 16.8. The summed E-state index contributed by atoms with van der Waals surface area (Å²) in [6.07, 6.45) is 1.76. The molecular formula is C12H18BrClN2O2S. The number of rotatable bonds is 6.